The van der Waals surface area contributed by atoms with E-state index < -0.39 is 6.10 Å². The summed E-state index contributed by atoms with van der Waals surface area (Å²) >= 11 is 0. The molecule has 0 saturated carbocycles. The average molecular weight is 962 g/mol. The van der Waals surface area contributed by atoms with Crippen molar-refractivity contribution >= 4 is 17.9 Å². The molecule has 1 atom stereocenters. The number of ether oxygens (including phenoxy) is 3. The summed E-state index contributed by atoms with van der Waals surface area (Å²) in [5.41, 5.74) is 0. The Bertz CT molecular complexity index is 1330. The second-order valence-corrected chi connectivity index (χ2v) is 19.2. The van der Waals surface area contributed by atoms with Gasteiger partial charge in [0.25, 0.3) is 0 Å². The molecule has 0 N–H and O–H groups in total. The van der Waals surface area contributed by atoms with Gasteiger partial charge in [0.05, 0.1) is 0 Å². The number of allylic oxidation sites excluding steroid dienone is 14. The minimum atomic E-state index is -0.807. The van der Waals surface area contributed by atoms with E-state index in [0.717, 1.165) is 89.9 Å². The van der Waals surface area contributed by atoms with Crippen LogP contribution < -0.4 is 0 Å². The monoisotopic (exact) mass is 961 g/mol. The SMILES string of the molecule is CCCCC/C=C\C/C=C\CCCCCCCCCCCC(=O)OC[C@H](COC(=O)CCC/C=C\C/C=C\C/C=C\CCCCCCCC)OC(=O)CCCCCCC/C=C\C/C=C\CCCCC. The number of hydrogen-bond acceptors (Lipinski definition) is 6. The first-order valence-electron chi connectivity index (χ1n) is 29.1. The molecule has 0 aromatic heterocycles. The molecule has 0 aliphatic carbocycles. The quantitative estimate of drug-likeness (QED) is 0.0262. The van der Waals surface area contributed by atoms with E-state index in [0.29, 0.717) is 19.3 Å². The third-order valence-electron chi connectivity index (χ3n) is 12.3. The molecule has 0 rings (SSSR count). The van der Waals surface area contributed by atoms with Crippen molar-refractivity contribution in [2.45, 2.75) is 284 Å². The second kappa shape index (κ2) is 57.2. The third kappa shape index (κ3) is 55.4. The van der Waals surface area contributed by atoms with Crippen molar-refractivity contribution in [3.05, 3.63) is 85.1 Å². The van der Waals surface area contributed by atoms with E-state index in [1.807, 2.05) is 0 Å². The smallest absolute Gasteiger partial charge is 0.306 e. The van der Waals surface area contributed by atoms with E-state index in [1.54, 1.807) is 0 Å². The summed E-state index contributed by atoms with van der Waals surface area (Å²) in [6, 6.07) is 0. The van der Waals surface area contributed by atoms with Crippen LogP contribution in [0.5, 0.6) is 0 Å². The molecule has 0 amide bonds. The van der Waals surface area contributed by atoms with Crippen LogP contribution in [0.2, 0.25) is 0 Å². The van der Waals surface area contributed by atoms with Crippen LogP contribution in [0.3, 0.4) is 0 Å². The van der Waals surface area contributed by atoms with Crippen LogP contribution in [-0.2, 0) is 28.6 Å². The maximum atomic E-state index is 12.8. The highest BCUT2D eigenvalue weighted by Crippen LogP contribution is 2.14. The van der Waals surface area contributed by atoms with Crippen LogP contribution in [0.25, 0.3) is 0 Å². The Morgan fingerprint density at radius 3 is 0.899 bits per heavy atom. The molecular formula is C63H108O6. The van der Waals surface area contributed by atoms with E-state index in [1.165, 1.54) is 141 Å². The van der Waals surface area contributed by atoms with Crippen molar-refractivity contribution in [2.75, 3.05) is 13.2 Å². The molecule has 0 aliphatic heterocycles. The lowest BCUT2D eigenvalue weighted by molar-refractivity contribution is -0.167. The van der Waals surface area contributed by atoms with E-state index in [9.17, 15) is 14.4 Å². The average Bonchev–Trinajstić information content (AvgIpc) is 3.35. The summed E-state index contributed by atoms with van der Waals surface area (Å²) in [6.45, 7) is 6.54. The Hall–Kier alpha value is -3.41. The summed E-state index contributed by atoms with van der Waals surface area (Å²) in [5, 5.41) is 0. The number of carbonyl (C=O) groups is 3. The molecule has 0 radical (unpaired) electrons. The van der Waals surface area contributed by atoms with Crippen LogP contribution >= 0.6 is 0 Å². The Labute approximate surface area is 426 Å². The zero-order valence-corrected chi connectivity index (χ0v) is 45.3. The van der Waals surface area contributed by atoms with Crippen molar-refractivity contribution in [3.8, 4) is 0 Å². The van der Waals surface area contributed by atoms with E-state index in [4.69, 9.17) is 14.2 Å². The van der Waals surface area contributed by atoms with Gasteiger partial charge in [0, 0.05) is 19.3 Å². The first-order chi connectivity index (χ1) is 34.0. The Balaban J connectivity index is 4.46. The summed E-state index contributed by atoms with van der Waals surface area (Å²) < 4.78 is 16.8. The predicted octanol–water partition coefficient (Wildman–Crippen LogP) is 19.5. The van der Waals surface area contributed by atoms with Crippen LogP contribution in [0, 0.1) is 0 Å². The number of hydrogen-bond donors (Lipinski definition) is 0. The topological polar surface area (TPSA) is 78.9 Å². The fraction of sp³-hybridized carbons (Fsp3) is 0.730. The van der Waals surface area contributed by atoms with Gasteiger partial charge in [-0.2, -0.15) is 0 Å². The normalized spacial score (nSPS) is 12.7. The maximum absolute atomic E-state index is 12.8. The summed E-state index contributed by atoms with van der Waals surface area (Å²) in [4.78, 5) is 38.1. The molecule has 0 fully saturated rings. The van der Waals surface area contributed by atoms with Crippen LogP contribution in [-0.4, -0.2) is 37.2 Å². The lowest BCUT2D eigenvalue weighted by atomic mass is 10.1. The van der Waals surface area contributed by atoms with Crippen molar-refractivity contribution in [1.82, 2.24) is 0 Å². The minimum absolute atomic E-state index is 0.100. The number of rotatable bonds is 52. The lowest BCUT2D eigenvalue weighted by Gasteiger charge is -2.18. The van der Waals surface area contributed by atoms with Gasteiger partial charge in [0.1, 0.15) is 13.2 Å². The predicted molar refractivity (Wildman–Crippen MR) is 297 cm³/mol. The highest BCUT2D eigenvalue weighted by molar-refractivity contribution is 5.71. The molecule has 0 saturated heterocycles. The minimum Gasteiger partial charge on any atom is -0.462 e. The number of unbranched alkanes of at least 4 members (excludes halogenated alkanes) is 27. The summed E-state index contributed by atoms with van der Waals surface area (Å²) in [6.07, 6.45) is 74.3. The Morgan fingerprint density at radius 2 is 0.536 bits per heavy atom. The third-order valence-corrected chi connectivity index (χ3v) is 12.3. The van der Waals surface area contributed by atoms with Gasteiger partial charge in [0.2, 0.25) is 0 Å². The van der Waals surface area contributed by atoms with E-state index in [-0.39, 0.29) is 37.5 Å². The number of esters is 3. The van der Waals surface area contributed by atoms with Crippen molar-refractivity contribution < 1.29 is 28.6 Å². The van der Waals surface area contributed by atoms with Gasteiger partial charge in [-0.1, -0.05) is 228 Å². The second-order valence-electron chi connectivity index (χ2n) is 19.2. The molecule has 0 unspecified atom stereocenters. The zero-order valence-electron chi connectivity index (χ0n) is 45.3. The zero-order chi connectivity index (χ0) is 50.0. The maximum Gasteiger partial charge on any atom is 0.306 e. The van der Waals surface area contributed by atoms with E-state index >= 15 is 0 Å². The molecule has 0 aromatic rings. The molecular weight excluding hydrogens is 853 g/mol. The lowest BCUT2D eigenvalue weighted by Crippen LogP contribution is -2.30. The molecule has 0 bridgehead atoms. The van der Waals surface area contributed by atoms with Gasteiger partial charge in [-0.15, -0.1) is 0 Å². The van der Waals surface area contributed by atoms with Gasteiger partial charge >= 0.3 is 17.9 Å². The summed E-state index contributed by atoms with van der Waals surface area (Å²) in [7, 11) is 0. The van der Waals surface area contributed by atoms with Crippen LogP contribution in [0.15, 0.2) is 85.1 Å². The van der Waals surface area contributed by atoms with Gasteiger partial charge in [-0.25, -0.2) is 0 Å². The highest BCUT2D eigenvalue weighted by atomic mass is 16.6. The van der Waals surface area contributed by atoms with Gasteiger partial charge in [-0.3, -0.25) is 14.4 Å². The standard InChI is InChI=1S/C63H108O6/c1-4-7-10-13-16-19-22-25-28-30-31-33-36-38-41-44-47-50-53-56-62(65)68-59-60(69-63(66)57-54-51-48-45-42-39-34-27-24-21-18-15-12-9-6-3)58-67-61(64)55-52-49-46-43-40-37-35-32-29-26-23-20-17-14-11-8-5-2/h16,18-19,21,25-29,34-35,37,43,46,60H,4-15,17,20,22-24,30-33,36,38-42,44-45,47-59H2,1-3H3/b19-16-,21-18-,28-25-,29-26-,34-27-,37-35-,46-43-/t60-/m0/s1. The van der Waals surface area contributed by atoms with Crippen LogP contribution in [0.1, 0.15) is 278 Å². The first kappa shape index (κ1) is 65.6. The largest absolute Gasteiger partial charge is 0.462 e. The fourth-order valence-electron chi connectivity index (χ4n) is 7.93. The first-order valence-corrected chi connectivity index (χ1v) is 29.1. The molecule has 6 nitrogen and oxygen atoms in total. The highest BCUT2D eigenvalue weighted by Gasteiger charge is 2.19. The molecule has 69 heavy (non-hydrogen) atoms. The van der Waals surface area contributed by atoms with Crippen molar-refractivity contribution in [3.63, 3.8) is 0 Å². The molecule has 0 aliphatic rings. The fourth-order valence-corrected chi connectivity index (χ4v) is 7.93. The van der Waals surface area contributed by atoms with E-state index in [2.05, 4.69) is 106 Å². The summed E-state index contributed by atoms with van der Waals surface area (Å²) in [5.74, 6) is -0.967. The van der Waals surface area contributed by atoms with Crippen LogP contribution in [0.4, 0.5) is 0 Å². The Kier molecular flexibility index (Phi) is 54.3. The molecule has 0 heterocycles. The van der Waals surface area contributed by atoms with Gasteiger partial charge in [0.15, 0.2) is 6.10 Å². The molecule has 396 valence electrons. The van der Waals surface area contributed by atoms with Crippen molar-refractivity contribution in [1.29, 1.82) is 0 Å². The molecule has 6 heteroatoms. The molecule has 0 aromatic carbocycles. The van der Waals surface area contributed by atoms with Gasteiger partial charge < -0.3 is 14.2 Å². The van der Waals surface area contributed by atoms with Crippen molar-refractivity contribution in [2.24, 2.45) is 0 Å². The Morgan fingerprint density at radius 1 is 0.290 bits per heavy atom. The number of carbonyl (C=O) groups excluding carboxylic acids is 3. The molecule has 0 spiro atoms. The van der Waals surface area contributed by atoms with Gasteiger partial charge in [-0.05, 0) is 116 Å².